The van der Waals surface area contributed by atoms with E-state index in [1.807, 2.05) is 31.2 Å². The van der Waals surface area contributed by atoms with E-state index < -0.39 is 9.84 Å². The molecule has 0 amide bonds. The summed E-state index contributed by atoms with van der Waals surface area (Å²) < 4.78 is 24.6. The maximum Gasteiger partial charge on any atom is 0.191 e. The van der Waals surface area contributed by atoms with Crippen LogP contribution in [0.4, 0.5) is 0 Å². The molecule has 0 radical (unpaired) electrons. The Balaban J connectivity index is 2.11. The lowest BCUT2D eigenvalue weighted by molar-refractivity contribution is 0.103. The van der Waals surface area contributed by atoms with Crippen LogP contribution in [0.3, 0.4) is 0 Å². The summed E-state index contributed by atoms with van der Waals surface area (Å²) in [5.41, 5.74) is 2.53. The predicted molar refractivity (Wildman–Crippen MR) is 82.0 cm³/mol. The summed E-state index contributed by atoms with van der Waals surface area (Å²) in [5.74, 6) is -0.447. The highest BCUT2D eigenvalue weighted by Gasteiger charge is 2.32. The van der Waals surface area contributed by atoms with Crippen LogP contribution in [0.1, 0.15) is 21.5 Å². The van der Waals surface area contributed by atoms with Gasteiger partial charge in [0.2, 0.25) is 0 Å². The van der Waals surface area contributed by atoms with Gasteiger partial charge in [-0.3, -0.25) is 4.79 Å². The van der Waals surface area contributed by atoms with Gasteiger partial charge in [-0.2, -0.15) is 0 Å². The average molecular weight is 298 g/mol. The Morgan fingerprint density at radius 1 is 1.00 bits per heavy atom. The number of Topliss-reactive ketones (excluding diaryl/α,β-unsaturated/α-hetero) is 1. The first-order chi connectivity index (χ1) is 9.97. The highest BCUT2D eigenvalue weighted by Crippen LogP contribution is 2.28. The van der Waals surface area contributed by atoms with Crippen molar-refractivity contribution < 1.29 is 13.2 Å². The maximum atomic E-state index is 12.4. The van der Waals surface area contributed by atoms with Gasteiger partial charge in [-0.05, 0) is 30.7 Å². The van der Waals surface area contributed by atoms with Crippen molar-refractivity contribution >= 4 is 21.7 Å². The summed E-state index contributed by atoms with van der Waals surface area (Å²) in [6.45, 7) is 1.98. The van der Waals surface area contributed by atoms with Crippen molar-refractivity contribution in [1.82, 2.24) is 0 Å². The molecule has 1 aliphatic heterocycles. The van der Waals surface area contributed by atoms with Crippen molar-refractivity contribution in [3.63, 3.8) is 0 Å². The van der Waals surface area contributed by atoms with Crippen LogP contribution in [0.25, 0.3) is 6.08 Å². The van der Waals surface area contributed by atoms with Gasteiger partial charge in [0.25, 0.3) is 0 Å². The Kier molecular flexibility index (Phi) is 3.26. The number of rotatable bonds is 1. The van der Waals surface area contributed by atoms with Crippen LogP contribution in [0.5, 0.6) is 0 Å². The van der Waals surface area contributed by atoms with Crippen LogP contribution in [-0.2, 0) is 9.84 Å². The highest BCUT2D eigenvalue weighted by atomic mass is 32.2. The van der Waals surface area contributed by atoms with Gasteiger partial charge in [0.1, 0.15) is 0 Å². The Morgan fingerprint density at radius 3 is 2.38 bits per heavy atom. The fraction of sp³-hybridized carbons (Fsp3) is 0.118. The Bertz CT molecular complexity index is 844. The molecule has 2 aromatic rings. The molecule has 0 saturated heterocycles. The summed E-state index contributed by atoms with van der Waals surface area (Å²) in [7, 11) is -3.44. The van der Waals surface area contributed by atoms with E-state index in [2.05, 4.69) is 0 Å². The number of carbonyl (C=O) groups is 1. The zero-order valence-corrected chi connectivity index (χ0v) is 12.4. The van der Waals surface area contributed by atoms with E-state index in [9.17, 15) is 13.2 Å². The molecular formula is C17H14O3S. The van der Waals surface area contributed by atoms with Crippen molar-refractivity contribution in [2.45, 2.75) is 11.8 Å². The monoisotopic (exact) mass is 298 g/mol. The third kappa shape index (κ3) is 2.54. The highest BCUT2D eigenvalue weighted by molar-refractivity contribution is 7.91. The second-order valence-electron chi connectivity index (χ2n) is 5.16. The minimum absolute atomic E-state index is 0.135. The number of benzene rings is 2. The molecule has 0 aliphatic carbocycles. The molecule has 0 fully saturated rings. The summed E-state index contributed by atoms with van der Waals surface area (Å²) in [6, 6.07) is 14.0. The largest absolute Gasteiger partial charge is 0.289 e. The Morgan fingerprint density at radius 2 is 1.67 bits per heavy atom. The van der Waals surface area contributed by atoms with E-state index in [1.165, 1.54) is 6.07 Å². The predicted octanol–water partition coefficient (Wildman–Crippen LogP) is 3.05. The topological polar surface area (TPSA) is 51.2 Å². The summed E-state index contributed by atoms with van der Waals surface area (Å²) in [4.78, 5) is 12.6. The lowest BCUT2D eigenvalue weighted by atomic mass is 10.0. The summed E-state index contributed by atoms with van der Waals surface area (Å²) >= 11 is 0. The van der Waals surface area contributed by atoms with Crippen molar-refractivity contribution in [1.29, 1.82) is 0 Å². The molecule has 2 aromatic carbocycles. The fourth-order valence-corrected chi connectivity index (χ4v) is 3.98. The second-order valence-corrected chi connectivity index (χ2v) is 7.12. The van der Waals surface area contributed by atoms with Gasteiger partial charge in [-0.15, -0.1) is 0 Å². The van der Waals surface area contributed by atoms with E-state index >= 15 is 0 Å². The molecular weight excluding hydrogens is 284 g/mol. The maximum absolute atomic E-state index is 12.4. The third-order valence-electron chi connectivity index (χ3n) is 3.52. The molecule has 0 unspecified atom stereocenters. The van der Waals surface area contributed by atoms with E-state index in [0.717, 1.165) is 11.1 Å². The zero-order chi connectivity index (χ0) is 15.0. The average Bonchev–Trinajstić information content (AvgIpc) is 2.47. The second kappa shape index (κ2) is 4.97. The van der Waals surface area contributed by atoms with Gasteiger partial charge in [0.15, 0.2) is 15.6 Å². The SMILES string of the molecule is Cc1ccc(/C=C2/CS(=O)(=O)c3ccccc3C2=O)cc1. The molecule has 0 saturated carbocycles. The first-order valence-corrected chi connectivity index (χ1v) is 8.26. The molecule has 3 rings (SSSR count). The van der Waals surface area contributed by atoms with E-state index in [-0.39, 0.29) is 22.0 Å². The molecule has 0 atom stereocenters. The van der Waals surface area contributed by atoms with Crippen molar-refractivity contribution in [3.05, 3.63) is 70.8 Å². The number of fused-ring (bicyclic) bond motifs is 1. The standard InChI is InChI=1S/C17H14O3S/c1-12-6-8-13(9-7-12)10-14-11-21(19,20)16-5-3-2-4-15(16)17(14)18/h2-10H,11H2,1H3/b14-10-. The molecule has 0 bridgehead atoms. The van der Waals surface area contributed by atoms with Gasteiger partial charge >= 0.3 is 0 Å². The molecule has 106 valence electrons. The summed E-state index contributed by atoms with van der Waals surface area (Å²) in [5, 5.41) is 0. The minimum atomic E-state index is -3.44. The number of aryl methyl sites for hydroxylation is 1. The van der Waals surface area contributed by atoms with Crippen LogP contribution >= 0.6 is 0 Å². The smallest absolute Gasteiger partial charge is 0.191 e. The van der Waals surface area contributed by atoms with Gasteiger partial charge in [0.05, 0.1) is 10.6 Å². The van der Waals surface area contributed by atoms with Crippen LogP contribution in [0.15, 0.2) is 59.0 Å². The first-order valence-electron chi connectivity index (χ1n) is 6.61. The van der Waals surface area contributed by atoms with Crippen molar-refractivity contribution in [3.8, 4) is 0 Å². The van der Waals surface area contributed by atoms with Gasteiger partial charge < -0.3 is 0 Å². The fourth-order valence-electron chi connectivity index (χ4n) is 2.42. The van der Waals surface area contributed by atoms with E-state index in [1.54, 1.807) is 24.3 Å². The molecule has 3 nitrogen and oxygen atoms in total. The third-order valence-corrected chi connectivity index (χ3v) is 5.24. The first kappa shape index (κ1) is 13.8. The number of hydrogen-bond donors (Lipinski definition) is 0. The van der Waals surface area contributed by atoms with Crippen LogP contribution in [-0.4, -0.2) is 20.0 Å². The number of carbonyl (C=O) groups excluding carboxylic acids is 1. The molecule has 1 aliphatic rings. The van der Waals surface area contributed by atoms with E-state index in [0.29, 0.717) is 5.57 Å². The van der Waals surface area contributed by atoms with Gasteiger partial charge in [0, 0.05) is 11.1 Å². The molecule has 0 aromatic heterocycles. The molecule has 0 N–H and O–H groups in total. The van der Waals surface area contributed by atoms with Crippen molar-refractivity contribution in [2.24, 2.45) is 0 Å². The molecule has 1 heterocycles. The molecule has 21 heavy (non-hydrogen) atoms. The lowest BCUT2D eigenvalue weighted by Crippen LogP contribution is -2.24. The lowest BCUT2D eigenvalue weighted by Gasteiger charge is -2.17. The number of hydrogen-bond acceptors (Lipinski definition) is 3. The van der Waals surface area contributed by atoms with Gasteiger partial charge in [-0.25, -0.2) is 8.42 Å². The van der Waals surface area contributed by atoms with E-state index in [4.69, 9.17) is 0 Å². The normalized spacial score (nSPS) is 18.5. The zero-order valence-electron chi connectivity index (χ0n) is 11.5. The van der Waals surface area contributed by atoms with Crippen LogP contribution in [0.2, 0.25) is 0 Å². The number of ketones is 1. The molecule has 0 spiro atoms. The Hall–Kier alpha value is -2.20. The Labute approximate surface area is 123 Å². The minimum Gasteiger partial charge on any atom is -0.289 e. The van der Waals surface area contributed by atoms with Crippen LogP contribution in [0, 0.1) is 6.92 Å². The summed E-state index contributed by atoms with van der Waals surface area (Å²) in [6.07, 6.45) is 1.66. The van der Waals surface area contributed by atoms with Gasteiger partial charge in [-0.1, -0.05) is 42.0 Å². The quantitative estimate of drug-likeness (QED) is 0.760. The molecule has 4 heteroatoms. The number of sulfone groups is 1. The van der Waals surface area contributed by atoms with Crippen molar-refractivity contribution in [2.75, 3.05) is 5.75 Å². The van der Waals surface area contributed by atoms with Crippen LogP contribution < -0.4 is 0 Å².